The number of aliphatic hydroxyl groups excluding tert-OH is 1. The molecule has 0 spiro atoms. The average molecular weight is 286 g/mol. The molecule has 0 saturated heterocycles. The van der Waals surface area contributed by atoms with Crippen LogP contribution in [0.4, 0.5) is 0 Å². The summed E-state index contributed by atoms with van der Waals surface area (Å²) in [5.41, 5.74) is 0.835. The van der Waals surface area contributed by atoms with Gasteiger partial charge in [-0.2, -0.15) is 0 Å². The minimum atomic E-state index is -1.10. The summed E-state index contributed by atoms with van der Waals surface area (Å²) in [7, 11) is -1.10. The monoisotopic (exact) mass is 286 g/mol. The molecule has 0 bridgehead atoms. The van der Waals surface area contributed by atoms with Crippen molar-refractivity contribution in [3.05, 3.63) is 78.4 Å². The van der Waals surface area contributed by atoms with Crippen LogP contribution < -0.4 is 0 Å². The SMILES string of the molecule is C[C@@H](C=C[C@@H](O)c1ccccc1)S(=O)c1ccccc1. The average Bonchev–Trinajstić information content (AvgIpc) is 2.53. The number of hydrogen-bond donors (Lipinski definition) is 1. The molecule has 0 aliphatic rings. The molecule has 2 rings (SSSR count). The van der Waals surface area contributed by atoms with Gasteiger partial charge in [0.15, 0.2) is 0 Å². The predicted molar refractivity (Wildman–Crippen MR) is 82.9 cm³/mol. The zero-order chi connectivity index (χ0) is 14.4. The van der Waals surface area contributed by atoms with Gasteiger partial charge in [0.25, 0.3) is 0 Å². The van der Waals surface area contributed by atoms with E-state index >= 15 is 0 Å². The lowest BCUT2D eigenvalue weighted by atomic mass is 10.1. The largest absolute Gasteiger partial charge is 0.384 e. The van der Waals surface area contributed by atoms with E-state index in [-0.39, 0.29) is 5.25 Å². The third-order valence-electron chi connectivity index (χ3n) is 3.02. The Morgan fingerprint density at radius 2 is 1.50 bits per heavy atom. The summed E-state index contributed by atoms with van der Waals surface area (Å²) in [6.07, 6.45) is 2.84. The lowest BCUT2D eigenvalue weighted by Crippen LogP contribution is -2.08. The fraction of sp³-hybridized carbons (Fsp3) is 0.176. The fourth-order valence-electron chi connectivity index (χ4n) is 1.86. The van der Waals surface area contributed by atoms with Crippen LogP contribution in [0.2, 0.25) is 0 Å². The molecule has 0 radical (unpaired) electrons. The van der Waals surface area contributed by atoms with Crippen molar-refractivity contribution in [1.29, 1.82) is 0 Å². The van der Waals surface area contributed by atoms with Gasteiger partial charge in [-0.1, -0.05) is 60.7 Å². The van der Waals surface area contributed by atoms with Crippen LogP contribution in [0.3, 0.4) is 0 Å². The Bertz CT molecular complexity index is 578. The Kier molecular flexibility index (Phi) is 5.27. The topological polar surface area (TPSA) is 37.3 Å². The zero-order valence-electron chi connectivity index (χ0n) is 11.3. The molecule has 0 aliphatic heterocycles. The first kappa shape index (κ1) is 14.7. The lowest BCUT2D eigenvalue weighted by molar-refractivity contribution is 0.228. The van der Waals surface area contributed by atoms with Gasteiger partial charge in [0.05, 0.1) is 22.2 Å². The van der Waals surface area contributed by atoms with Crippen molar-refractivity contribution in [2.45, 2.75) is 23.2 Å². The van der Waals surface area contributed by atoms with Crippen LogP contribution in [0.5, 0.6) is 0 Å². The van der Waals surface area contributed by atoms with E-state index in [1.807, 2.05) is 67.6 Å². The molecule has 3 atom stereocenters. The molecule has 2 aromatic carbocycles. The van der Waals surface area contributed by atoms with Crippen molar-refractivity contribution in [3.8, 4) is 0 Å². The van der Waals surface area contributed by atoms with E-state index in [1.54, 1.807) is 12.2 Å². The second-order valence-corrected chi connectivity index (χ2v) is 6.37. The van der Waals surface area contributed by atoms with E-state index in [0.717, 1.165) is 10.5 Å². The molecular weight excluding hydrogens is 268 g/mol. The van der Waals surface area contributed by atoms with Gasteiger partial charge in [-0.05, 0) is 24.6 Å². The third kappa shape index (κ3) is 3.89. The van der Waals surface area contributed by atoms with Crippen LogP contribution in [-0.2, 0) is 10.8 Å². The number of benzene rings is 2. The Labute approximate surface area is 122 Å². The second kappa shape index (κ2) is 7.17. The molecule has 1 N–H and O–H groups in total. The van der Waals surface area contributed by atoms with Gasteiger partial charge in [0.1, 0.15) is 0 Å². The molecular formula is C17H18O2S. The number of aliphatic hydroxyl groups is 1. The van der Waals surface area contributed by atoms with Crippen LogP contribution in [-0.4, -0.2) is 14.6 Å². The van der Waals surface area contributed by atoms with Crippen LogP contribution in [0.25, 0.3) is 0 Å². The maximum absolute atomic E-state index is 12.3. The first-order valence-corrected chi connectivity index (χ1v) is 7.77. The third-order valence-corrected chi connectivity index (χ3v) is 4.59. The maximum Gasteiger partial charge on any atom is 0.0972 e. The van der Waals surface area contributed by atoms with Crippen LogP contribution in [0.1, 0.15) is 18.6 Å². The summed E-state index contributed by atoms with van der Waals surface area (Å²) >= 11 is 0. The summed E-state index contributed by atoms with van der Waals surface area (Å²) in [5.74, 6) is 0. The van der Waals surface area contributed by atoms with Crippen molar-refractivity contribution in [3.63, 3.8) is 0 Å². The Morgan fingerprint density at radius 3 is 2.10 bits per heavy atom. The molecule has 0 amide bonds. The predicted octanol–water partition coefficient (Wildman–Crippen LogP) is 3.47. The van der Waals surface area contributed by atoms with Gasteiger partial charge in [0, 0.05) is 4.90 Å². The molecule has 1 unspecified atom stereocenters. The smallest absolute Gasteiger partial charge is 0.0972 e. The highest BCUT2D eigenvalue weighted by atomic mass is 32.2. The lowest BCUT2D eigenvalue weighted by Gasteiger charge is -2.09. The maximum atomic E-state index is 12.3. The van der Waals surface area contributed by atoms with Crippen molar-refractivity contribution in [2.24, 2.45) is 0 Å². The summed E-state index contributed by atoms with van der Waals surface area (Å²) in [4.78, 5) is 0.804. The van der Waals surface area contributed by atoms with Gasteiger partial charge < -0.3 is 5.11 Å². The van der Waals surface area contributed by atoms with Gasteiger partial charge >= 0.3 is 0 Å². The minimum Gasteiger partial charge on any atom is -0.384 e. The molecule has 0 aliphatic carbocycles. The normalized spacial score (nSPS) is 15.9. The molecule has 0 saturated carbocycles. The minimum absolute atomic E-state index is 0.143. The molecule has 0 heterocycles. The number of hydrogen-bond acceptors (Lipinski definition) is 2. The van der Waals surface area contributed by atoms with Crippen LogP contribution in [0.15, 0.2) is 77.7 Å². The van der Waals surface area contributed by atoms with Crippen molar-refractivity contribution < 1.29 is 9.32 Å². The summed E-state index contributed by atoms with van der Waals surface area (Å²) in [6.45, 7) is 1.89. The molecule has 0 aromatic heterocycles. The molecule has 3 heteroatoms. The van der Waals surface area contributed by atoms with E-state index in [9.17, 15) is 9.32 Å². The van der Waals surface area contributed by atoms with Crippen molar-refractivity contribution in [2.75, 3.05) is 0 Å². The van der Waals surface area contributed by atoms with Gasteiger partial charge in [-0.15, -0.1) is 0 Å². The first-order valence-electron chi connectivity index (χ1n) is 6.55. The number of rotatable bonds is 5. The van der Waals surface area contributed by atoms with E-state index < -0.39 is 16.9 Å². The van der Waals surface area contributed by atoms with E-state index in [2.05, 4.69) is 0 Å². The Morgan fingerprint density at radius 1 is 0.950 bits per heavy atom. The fourth-order valence-corrected chi connectivity index (χ4v) is 2.95. The summed E-state index contributed by atoms with van der Waals surface area (Å²) in [6, 6.07) is 18.8. The van der Waals surface area contributed by atoms with Gasteiger partial charge in [-0.3, -0.25) is 4.21 Å². The van der Waals surface area contributed by atoms with E-state index in [0.29, 0.717) is 0 Å². The summed E-state index contributed by atoms with van der Waals surface area (Å²) < 4.78 is 12.3. The molecule has 104 valence electrons. The molecule has 20 heavy (non-hydrogen) atoms. The molecule has 2 aromatic rings. The standard InChI is InChI=1S/C17H18O2S/c1-14(20(19)16-10-6-3-7-11-16)12-13-17(18)15-8-4-2-5-9-15/h2-14,17-18H,1H3/t14-,17+,20?/m0/s1. The highest BCUT2D eigenvalue weighted by Gasteiger charge is 2.10. The van der Waals surface area contributed by atoms with Gasteiger partial charge in [0.2, 0.25) is 0 Å². The van der Waals surface area contributed by atoms with Crippen molar-refractivity contribution >= 4 is 10.8 Å². The quantitative estimate of drug-likeness (QED) is 0.855. The zero-order valence-corrected chi connectivity index (χ0v) is 12.2. The van der Waals surface area contributed by atoms with Crippen LogP contribution >= 0.6 is 0 Å². The second-order valence-electron chi connectivity index (χ2n) is 4.56. The van der Waals surface area contributed by atoms with Gasteiger partial charge in [-0.25, -0.2) is 0 Å². The molecule has 2 nitrogen and oxygen atoms in total. The Balaban J connectivity index is 2.02. The van der Waals surface area contributed by atoms with E-state index in [4.69, 9.17) is 0 Å². The highest BCUT2D eigenvalue weighted by molar-refractivity contribution is 7.85. The van der Waals surface area contributed by atoms with Crippen molar-refractivity contribution in [1.82, 2.24) is 0 Å². The highest BCUT2D eigenvalue weighted by Crippen LogP contribution is 2.16. The Hall–Kier alpha value is -1.71. The molecule has 0 fully saturated rings. The first-order chi connectivity index (χ1) is 9.68. The van der Waals surface area contributed by atoms with E-state index in [1.165, 1.54) is 0 Å². The summed E-state index contributed by atoms with van der Waals surface area (Å²) in [5, 5.41) is 9.89. The van der Waals surface area contributed by atoms with Crippen LogP contribution in [0, 0.1) is 0 Å².